The van der Waals surface area contributed by atoms with Crippen LogP contribution in [0.5, 0.6) is 57.5 Å². The Balaban J connectivity index is 0.000000192. The molecule has 33 heteroatoms. The highest BCUT2D eigenvalue weighted by Gasteiger charge is 2.39. The number of phenols is 4. The number of ether oxygens (including phenoxy) is 7. The molecule has 4 aliphatic heterocycles. The summed E-state index contributed by atoms with van der Waals surface area (Å²) >= 11 is 27.6. The average molecular weight is 1880 g/mol. The predicted octanol–water partition coefficient (Wildman–Crippen LogP) is 14.3. The van der Waals surface area contributed by atoms with Crippen LogP contribution in [-0.2, 0) is 4.74 Å². The number of hydrogen-bond donors (Lipinski definition) is 8. The van der Waals surface area contributed by atoms with Gasteiger partial charge in [-0.15, -0.1) is 47.3 Å². The first-order valence-electron chi connectivity index (χ1n) is 39.1. The van der Waals surface area contributed by atoms with Gasteiger partial charge in [-0.05, 0) is 130 Å². The summed E-state index contributed by atoms with van der Waals surface area (Å²) in [6.45, 7) is 3.16. The highest BCUT2D eigenvalue weighted by atomic mass is 79.9. The van der Waals surface area contributed by atoms with Gasteiger partial charge in [-0.3, -0.25) is 19.2 Å². The molecular weight excluding hydrogens is 1770 g/mol. The van der Waals surface area contributed by atoms with Crippen molar-refractivity contribution in [3.8, 4) is 80.1 Å². The summed E-state index contributed by atoms with van der Waals surface area (Å²) in [6, 6.07) is 25.2. The number of rotatable bonds is 15. The van der Waals surface area contributed by atoms with Crippen LogP contribution < -0.4 is 39.3 Å². The number of phenolic OH excluding ortho intramolecular Hbond substituents is 4. The van der Waals surface area contributed by atoms with Gasteiger partial charge in [0.1, 0.15) is 102 Å². The van der Waals surface area contributed by atoms with E-state index >= 15 is 0 Å². The standard InChI is InChI=1S/C23H24ClNO5.C21H20ClNO5.2C16H23NO5.C8H7ClO2.BBr3/c1-25-9-8-14(17(27)12-25)21-19(28-2)11-20(29-3)22-16(26)10-18(30-23(21)22)13-6-4-5-7-15(13)24;1-23-7-6-12(17(27)10-23)19-14(24)8-15(25)20-16(26)9-18(28-21(19)20)11-4-2-3-5-13(11)22;2*1-9(18)14-12(21-3)7-13(22-4)15(16(14)20)10-5-6-17(2)8-11(10)19;1-11-8(10)6-4-2-3-5-7(6)9;2-1(3)4/h4-7,10-11,14,17,27H,8-9,12H2,1-3H3;2-5,8-9,12,17,24-25,27H,6-7,10H2,1H3;2*7,10-11,19-20H,5-6,8H2,1-4H3;2-5H,1H3;/i10D;9D;1D3;;;. The van der Waals surface area contributed by atoms with E-state index in [1.54, 1.807) is 84.9 Å². The summed E-state index contributed by atoms with van der Waals surface area (Å²) in [4.78, 5) is 69.3. The number of likely N-dealkylation sites (tertiary alicyclic amines) is 4. The molecule has 13 rings (SSSR count). The van der Waals surface area contributed by atoms with Gasteiger partial charge >= 0.3 is 9.15 Å². The number of methoxy groups -OCH3 is 7. The number of β-amino-alcohol motifs (C(OH)–C–C–N with tert-alkyl or cyclic N) is 4. The Morgan fingerprint density at radius 3 is 1.16 bits per heavy atom. The first-order valence-corrected chi connectivity index (χ1v) is 40.5. The van der Waals surface area contributed by atoms with Crippen molar-refractivity contribution in [2.24, 2.45) is 0 Å². The number of benzene rings is 7. The van der Waals surface area contributed by atoms with Crippen LogP contribution in [0.2, 0.25) is 15.1 Å². The average Bonchev–Trinajstić information content (AvgIpc) is 0.737. The van der Waals surface area contributed by atoms with E-state index in [2.05, 4.69) is 52.0 Å². The van der Waals surface area contributed by atoms with E-state index in [1.165, 1.54) is 62.8 Å². The van der Waals surface area contributed by atoms with E-state index in [0.717, 1.165) is 19.2 Å². The molecule has 2 aromatic heterocycles. The van der Waals surface area contributed by atoms with Gasteiger partial charge in [-0.1, -0.05) is 71.2 Å². The predicted molar refractivity (Wildman–Crippen MR) is 463 cm³/mol. The number of aliphatic hydroxyl groups is 4. The molecular formula is C84H97BBr3Cl3N4O22. The molecule has 8 atom stereocenters. The van der Waals surface area contributed by atoms with Crippen LogP contribution in [0.1, 0.15) is 123 Å². The number of nitrogens with zero attached hydrogens (tertiary/aromatic N) is 4. The number of ketones is 2. The van der Waals surface area contributed by atoms with Crippen molar-refractivity contribution in [1.29, 1.82) is 0 Å². The quantitative estimate of drug-likeness (QED) is 0.0268. The Hall–Kier alpha value is -8.18. The minimum absolute atomic E-state index is 0.0352. The van der Waals surface area contributed by atoms with Crippen molar-refractivity contribution in [2.45, 2.75) is 87.5 Å². The molecule has 26 nitrogen and oxygen atoms in total. The maximum Gasteiger partial charge on any atom is 0.369 e. The number of esters is 1. The molecule has 4 fully saturated rings. The minimum Gasteiger partial charge on any atom is -0.507 e. The second kappa shape index (κ2) is 43.2. The van der Waals surface area contributed by atoms with Crippen molar-refractivity contribution >= 4 is 125 Å². The van der Waals surface area contributed by atoms with E-state index < -0.39 is 88.8 Å². The molecule has 0 amide bonds. The zero-order valence-electron chi connectivity index (χ0n) is 71.3. The van der Waals surface area contributed by atoms with Crippen LogP contribution in [0.4, 0.5) is 0 Å². The maximum atomic E-state index is 13.3. The monoisotopic (exact) mass is 1870 g/mol. The number of aromatic hydroxyl groups is 4. The summed E-state index contributed by atoms with van der Waals surface area (Å²) in [5.74, 6) is -3.30. The molecule has 8 N–H and O–H groups in total. The van der Waals surface area contributed by atoms with E-state index in [4.69, 9.17) is 78.9 Å². The third-order valence-electron chi connectivity index (χ3n) is 20.4. The molecule has 9 aromatic rings. The third kappa shape index (κ3) is 22.7. The molecule has 8 unspecified atom stereocenters. The molecule has 0 saturated carbocycles. The molecule has 4 saturated heterocycles. The molecule has 0 radical (unpaired) electrons. The summed E-state index contributed by atoms with van der Waals surface area (Å²) in [7, 11) is 17.5. The summed E-state index contributed by atoms with van der Waals surface area (Å²) < 4.78 is 87.7. The lowest BCUT2D eigenvalue weighted by molar-refractivity contribution is 0.0599. The van der Waals surface area contributed by atoms with Gasteiger partial charge in [0.15, 0.2) is 22.4 Å². The zero-order valence-corrected chi connectivity index (χ0v) is 73.3. The summed E-state index contributed by atoms with van der Waals surface area (Å²) in [5, 5.41) is 85.5. The van der Waals surface area contributed by atoms with Gasteiger partial charge in [-0.2, -0.15) is 0 Å². The van der Waals surface area contributed by atoms with Crippen LogP contribution in [0.3, 0.4) is 0 Å². The van der Waals surface area contributed by atoms with E-state index in [0.29, 0.717) is 119 Å². The topological polar surface area (TPSA) is 351 Å². The first kappa shape index (κ1) is 86.7. The number of carbonyl (C=O) groups is 3. The van der Waals surface area contributed by atoms with Crippen molar-refractivity contribution < 1.29 is 104 Å². The molecule has 0 spiro atoms. The largest absolute Gasteiger partial charge is 0.507 e. The number of halogens is 6. The van der Waals surface area contributed by atoms with Crippen LogP contribution in [0.15, 0.2) is 128 Å². The van der Waals surface area contributed by atoms with Gasteiger partial charge in [0.05, 0.1) is 97.6 Å². The SMILES string of the molecule is BrB(Br)Br.COC(=O)c1ccccc1Cl.COc1cc(OC)c(C2CCN(C)CC2O)c(O)c1C(C)=O.[2H]C([2H])([2H])C(=O)c1c(OC)cc(OC)c(C2CCN(C)CC2O)c1O.[2H]c1c(-c2ccccc2Cl)oc2c(C3CCN(C)CC3O)c(O)cc(O)c2c1=O.[2H]c1c(-c2ccccc2Cl)oc2c(C3CCN(C)CC3O)c(OC)cc(OC)c2c1=O. The van der Waals surface area contributed by atoms with Crippen molar-refractivity contribution in [3.63, 3.8) is 0 Å². The Morgan fingerprint density at radius 1 is 0.470 bits per heavy atom. The molecule has 6 heterocycles. The summed E-state index contributed by atoms with van der Waals surface area (Å²) in [6.07, 6.45) is -0.511. The second-order valence-corrected chi connectivity index (χ2v) is 35.7. The highest BCUT2D eigenvalue weighted by Crippen LogP contribution is 2.50. The van der Waals surface area contributed by atoms with Crippen LogP contribution in [0.25, 0.3) is 44.6 Å². The number of piperidine rings is 4. The lowest BCUT2D eigenvalue weighted by Gasteiger charge is -2.35. The van der Waals surface area contributed by atoms with Gasteiger partial charge in [0.2, 0.25) is 0 Å². The van der Waals surface area contributed by atoms with Crippen molar-refractivity contribution in [2.75, 3.05) is 130 Å². The molecule has 630 valence electrons. The number of fused-ring (bicyclic) bond motifs is 2. The summed E-state index contributed by atoms with van der Waals surface area (Å²) in [5.41, 5.74) is 1.44. The van der Waals surface area contributed by atoms with Gasteiger partial charge < -0.3 is 102 Å². The highest BCUT2D eigenvalue weighted by molar-refractivity contribution is 9.69. The lowest BCUT2D eigenvalue weighted by atomic mass is 9.84. The second-order valence-electron chi connectivity index (χ2n) is 28.0. The molecule has 0 bridgehead atoms. The van der Waals surface area contributed by atoms with Crippen LogP contribution in [0, 0.1) is 0 Å². The third-order valence-corrected chi connectivity index (χ3v) is 21.4. The molecule has 0 aliphatic carbocycles. The van der Waals surface area contributed by atoms with Crippen LogP contribution in [-0.4, -0.2) is 236 Å². The molecule has 4 aliphatic rings. The molecule has 7 aromatic carbocycles. The number of carbonyl (C=O) groups excluding carboxylic acids is 3. The fraction of sp³-hybridized carbons (Fsp3) is 0.393. The molecule has 117 heavy (non-hydrogen) atoms. The van der Waals surface area contributed by atoms with Crippen molar-refractivity contribution in [3.05, 3.63) is 184 Å². The Bertz CT molecular complexity index is 5370. The van der Waals surface area contributed by atoms with E-state index in [1.807, 2.05) is 47.8 Å². The van der Waals surface area contributed by atoms with Gasteiger partial charge in [-0.25, -0.2) is 4.79 Å². The Kier molecular flexibility index (Phi) is 32.0. The lowest BCUT2D eigenvalue weighted by Crippen LogP contribution is -2.40. The zero-order chi connectivity index (χ0) is 90.4. The minimum atomic E-state index is -2.93. The van der Waals surface area contributed by atoms with E-state index in [-0.39, 0.29) is 111 Å². The fourth-order valence-electron chi connectivity index (χ4n) is 14.7. The van der Waals surface area contributed by atoms with Gasteiger partial charge in [0, 0.05) is 124 Å². The number of hydrogen-bond acceptors (Lipinski definition) is 26. The van der Waals surface area contributed by atoms with Crippen LogP contribution >= 0.6 is 82.1 Å². The maximum absolute atomic E-state index is 13.3. The fourth-order valence-corrected chi connectivity index (χ4v) is 15.4. The Morgan fingerprint density at radius 2 is 0.803 bits per heavy atom. The van der Waals surface area contributed by atoms with Gasteiger partial charge in [0.25, 0.3) is 0 Å². The van der Waals surface area contributed by atoms with E-state index in [9.17, 15) is 64.8 Å². The number of likely N-dealkylation sites (N-methyl/N-ethyl adjacent to an activating group) is 4. The Labute approximate surface area is 725 Å². The van der Waals surface area contributed by atoms with Crippen molar-refractivity contribution in [1.82, 2.24) is 19.6 Å². The number of aliphatic hydroxyl groups excluding tert-OH is 4. The first-order chi connectivity index (χ1) is 57.7. The normalized spacial score (nSPS) is 20.2. The number of Topliss-reactive ketones (excluding diaryl/α,β-unsaturated/α-hetero) is 2. The smallest absolute Gasteiger partial charge is 0.369 e.